The summed E-state index contributed by atoms with van der Waals surface area (Å²) in [4.78, 5) is 20.4. The lowest BCUT2D eigenvalue weighted by molar-refractivity contribution is 0.576. The van der Waals surface area contributed by atoms with E-state index >= 15 is 0 Å². The van der Waals surface area contributed by atoms with Crippen LogP contribution in [0.2, 0.25) is 5.02 Å². The van der Waals surface area contributed by atoms with Crippen molar-refractivity contribution >= 4 is 38.8 Å². The van der Waals surface area contributed by atoms with Gasteiger partial charge in [0.2, 0.25) is 5.82 Å². The standard InChI is InChI=1S/C21H15ClN4O2S/c22-14-7-2-1-5-12(14)11-25-20-17(13-6-3-9-16(13)29-20)19-23-18(15-8-4-10-28-15)24-26(19)21(25)27/h1-2,4-5,7-8,10H,3,6,9,11H2. The van der Waals surface area contributed by atoms with Crippen LogP contribution in [0.5, 0.6) is 0 Å². The third kappa shape index (κ3) is 2.51. The van der Waals surface area contributed by atoms with Crippen molar-refractivity contribution in [3.8, 4) is 11.6 Å². The molecule has 0 spiro atoms. The van der Waals surface area contributed by atoms with E-state index in [4.69, 9.17) is 16.0 Å². The maximum Gasteiger partial charge on any atom is 0.352 e. The van der Waals surface area contributed by atoms with Crippen molar-refractivity contribution in [3.63, 3.8) is 0 Å². The van der Waals surface area contributed by atoms with Gasteiger partial charge in [-0.25, -0.2) is 9.78 Å². The van der Waals surface area contributed by atoms with Crippen LogP contribution in [-0.2, 0) is 19.4 Å². The zero-order valence-corrected chi connectivity index (χ0v) is 16.8. The number of rotatable bonds is 3. The Morgan fingerprint density at radius 1 is 1.17 bits per heavy atom. The SMILES string of the molecule is O=c1n(Cc2ccccc2Cl)c2sc3c(c2c2nc(-c4ccco4)nn12)CCC3. The highest BCUT2D eigenvalue weighted by Gasteiger charge is 2.26. The number of aromatic nitrogens is 4. The van der Waals surface area contributed by atoms with E-state index in [2.05, 4.69) is 10.1 Å². The monoisotopic (exact) mass is 422 g/mol. The Morgan fingerprint density at radius 2 is 2.07 bits per heavy atom. The molecule has 4 heterocycles. The van der Waals surface area contributed by atoms with Gasteiger partial charge in [-0.2, -0.15) is 4.52 Å². The third-order valence-electron chi connectivity index (χ3n) is 5.42. The fourth-order valence-electron chi connectivity index (χ4n) is 4.07. The second-order valence-corrected chi connectivity index (χ2v) is 8.64. The van der Waals surface area contributed by atoms with Crippen molar-refractivity contribution < 1.29 is 4.42 Å². The Morgan fingerprint density at radius 3 is 2.90 bits per heavy atom. The summed E-state index contributed by atoms with van der Waals surface area (Å²) in [6.07, 6.45) is 4.75. The van der Waals surface area contributed by atoms with Crippen molar-refractivity contribution in [2.24, 2.45) is 0 Å². The first kappa shape index (κ1) is 17.0. The number of hydrogen-bond donors (Lipinski definition) is 0. The highest BCUT2D eigenvalue weighted by Crippen LogP contribution is 2.39. The zero-order valence-electron chi connectivity index (χ0n) is 15.3. The van der Waals surface area contributed by atoms with Crippen molar-refractivity contribution in [2.45, 2.75) is 25.8 Å². The zero-order chi connectivity index (χ0) is 19.5. The quantitative estimate of drug-likeness (QED) is 0.427. The molecule has 0 amide bonds. The molecular weight excluding hydrogens is 408 g/mol. The molecule has 0 aliphatic heterocycles. The first-order chi connectivity index (χ1) is 14.2. The van der Waals surface area contributed by atoms with Crippen LogP contribution in [0.15, 0.2) is 51.9 Å². The maximum atomic E-state index is 13.4. The number of thiophene rings is 1. The van der Waals surface area contributed by atoms with Crippen LogP contribution in [0.1, 0.15) is 22.4 Å². The van der Waals surface area contributed by atoms with Gasteiger partial charge in [-0.05, 0) is 48.6 Å². The van der Waals surface area contributed by atoms with E-state index in [9.17, 15) is 4.79 Å². The number of benzene rings is 1. The molecule has 0 fully saturated rings. The van der Waals surface area contributed by atoms with Crippen LogP contribution in [-0.4, -0.2) is 19.2 Å². The lowest BCUT2D eigenvalue weighted by Gasteiger charge is -2.10. The summed E-state index contributed by atoms with van der Waals surface area (Å²) in [5.41, 5.74) is 2.57. The lowest BCUT2D eigenvalue weighted by atomic mass is 10.2. The van der Waals surface area contributed by atoms with E-state index in [1.165, 1.54) is 15.0 Å². The molecular formula is C21H15ClN4O2S. The first-order valence-electron chi connectivity index (χ1n) is 9.42. The molecule has 0 bridgehead atoms. The van der Waals surface area contributed by atoms with E-state index < -0.39 is 0 Å². The third-order valence-corrected chi connectivity index (χ3v) is 7.10. The van der Waals surface area contributed by atoms with Crippen molar-refractivity contribution in [2.75, 3.05) is 0 Å². The fourth-order valence-corrected chi connectivity index (χ4v) is 5.64. The highest BCUT2D eigenvalue weighted by atomic mass is 35.5. The van der Waals surface area contributed by atoms with Gasteiger partial charge in [0.25, 0.3) is 0 Å². The number of fused-ring (bicyclic) bond motifs is 5. The lowest BCUT2D eigenvalue weighted by Crippen LogP contribution is -2.28. The van der Waals surface area contributed by atoms with Crippen LogP contribution in [0, 0.1) is 0 Å². The average molecular weight is 423 g/mol. The highest BCUT2D eigenvalue weighted by molar-refractivity contribution is 7.19. The van der Waals surface area contributed by atoms with Gasteiger partial charge in [0.1, 0.15) is 4.83 Å². The minimum Gasteiger partial charge on any atom is -0.461 e. The first-order valence-corrected chi connectivity index (χ1v) is 10.6. The molecule has 6 rings (SSSR count). The van der Waals surface area contributed by atoms with Gasteiger partial charge in [-0.3, -0.25) is 4.57 Å². The second-order valence-electron chi connectivity index (χ2n) is 7.15. The van der Waals surface area contributed by atoms with E-state index in [0.29, 0.717) is 28.8 Å². The van der Waals surface area contributed by atoms with Gasteiger partial charge >= 0.3 is 5.69 Å². The van der Waals surface area contributed by atoms with Crippen LogP contribution in [0.3, 0.4) is 0 Å². The summed E-state index contributed by atoms with van der Waals surface area (Å²) >= 11 is 8.07. The fraction of sp³-hybridized carbons (Fsp3) is 0.190. The van der Waals surface area contributed by atoms with Crippen molar-refractivity contribution in [1.29, 1.82) is 0 Å². The summed E-state index contributed by atoms with van der Waals surface area (Å²) in [7, 11) is 0. The number of nitrogens with zero attached hydrogens (tertiary/aromatic N) is 4. The largest absolute Gasteiger partial charge is 0.461 e. The smallest absolute Gasteiger partial charge is 0.352 e. The van der Waals surface area contributed by atoms with E-state index in [0.717, 1.165) is 35.0 Å². The topological polar surface area (TPSA) is 65.3 Å². The van der Waals surface area contributed by atoms with Gasteiger partial charge in [0, 0.05) is 9.90 Å². The minimum absolute atomic E-state index is 0.224. The molecule has 8 heteroatoms. The van der Waals surface area contributed by atoms with Gasteiger partial charge in [0.15, 0.2) is 11.4 Å². The molecule has 0 radical (unpaired) electrons. The van der Waals surface area contributed by atoms with Gasteiger partial charge in [0.05, 0.1) is 18.2 Å². The summed E-state index contributed by atoms with van der Waals surface area (Å²) in [5, 5.41) is 6.16. The normalized spacial score (nSPS) is 13.6. The maximum absolute atomic E-state index is 13.4. The predicted octanol–water partition coefficient (Wildman–Crippen LogP) is 4.56. The van der Waals surface area contributed by atoms with Gasteiger partial charge in [-0.1, -0.05) is 29.8 Å². The van der Waals surface area contributed by atoms with Crippen LogP contribution in [0.25, 0.3) is 27.4 Å². The molecule has 144 valence electrons. The van der Waals surface area contributed by atoms with E-state index in [-0.39, 0.29) is 5.69 Å². The van der Waals surface area contributed by atoms with Gasteiger partial charge < -0.3 is 4.42 Å². The molecule has 29 heavy (non-hydrogen) atoms. The number of halogens is 1. The molecule has 0 saturated heterocycles. The van der Waals surface area contributed by atoms with E-state index in [1.54, 1.807) is 34.3 Å². The molecule has 0 N–H and O–H groups in total. The molecule has 0 unspecified atom stereocenters. The molecule has 0 saturated carbocycles. The summed E-state index contributed by atoms with van der Waals surface area (Å²) < 4.78 is 8.63. The Hall–Kier alpha value is -2.90. The van der Waals surface area contributed by atoms with E-state index in [1.807, 2.05) is 24.3 Å². The average Bonchev–Trinajstić information content (AvgIpc) is 3.48. The van der Waals surface area contributed by atoms with Gasteiger partial charge in [-0.15, -0.1) is 16.4 Å². The molecule has 5 aromatic rings. The van der Waals surface area contributed by atoms with Crippen molar-refractivity contribution in [1.82, 2.24) is 19.2 Å². The number of furan rings is 1. The van der Waals surface area contributed by atoms with Crippen LogP contribution in [0.4, 0.5) is 0 Å². The summed E-state index contributed by atoms with van der Waals surface area (Å²) in [6.45, 7) is 0.389. The molecule has 0 atom stereocenters. The Balaban J connectivity index is 1.68. The summed E-state index contributed by atoms with van der Waals surface area (Å²) in [6, 6.07) is 11.2. The predicted molar refractivity (Wildman–Crippen MR) is 113 cm³/mol. The van der Waals surface area contributed by atoms with Crippen LogP contribution < -0.4 is 5.69 Å². The Kier molecular flexibility index (Phi) is 3.69. The molecule has 1 aromatic carbocycles. The second kappa shape index (κ2) is 6.30. The number of hydrogen-bond acceptors (Lipinski definition) is 5. The summed E-state index contributed by atoms with van der Waals surface area (Å²) in [5.74, 6) is 0.965. The Labute approximate surface area is 174 Å². The molecule has 1 aliphatic carbocycles. The van der Waals surface area contributed by atoms with Crippen LogP contribution >= 0.6 is 22.9 Å². The molecule has 4 aromatic heterocycles. The molecule has 6 nitrogen and oxygen atoms in total. The molecule has 1 aliphatic rings. The minimum atomic E-state index is -0.224. The Bertz CT molecular complexity index is 1450. The van der Waals surface area contributed by atoms with Crippen molar-refractivity contribution in [3.05, 3.63) is 74.2 Å². The number of aryl methyl sites for hydroxylation is 2.